The second-order valence-electron chi connectivity index (χ2n) is 9.95. The molecule has 0 fully saturated rings. The maximum atomic E-state index is 13.9. The molecule has 0 N–H and O–H groups in total. The molecule has 0 atom stereocenters. The van der Waals surface area contributed by atoms with Gasteiger partial charge in [-0.05, 0) is 30.3 Å². The van der Waals surface area contributed by atoms with Crippen molar-refractivity contribution in [1.29, 1.82) is 0 Å². The molecule has 7 nitrogen and oxygen atoms in total. The van der Waals surface area contributed by atoms with Gasteiger partial charge in [0.05, 0.1) is 21.9 Å². The summed E-state index contributed by atoms with van der Waals surface area (Å²) < 4.78 is 4.06. The van der Waals surface area contributed by atoms with Crippen LogP contribution in [0.3, 0.4) is 0 Å². The van der Waals surface area contributed by atoms with Gasteiger partial charge in [-0.3, -0.25) is 13.8 Å². The Labute approximate surface area is 240 Å². The number of aromatic nitrogens is 6. The lowest BCUT2D eigenvalue weighted by Crippen LogP contribution is -2.13. The van der Waals surface area contributed by atoms with Gasteiger partial charge in [0.2, 0.25) is 5.78 Å². The number of hydrogen-bond donors (Lipinski definition) is 0. The average molecular weight is 543 g/mol. The van der Waals surface area contributed by atoms with Crippen molar-refractivity contribution >= 4 is 27.7 Å². The van der Waals surface area contributed by atoms with E-state index in [2.05, 4.69) is 4.98 Å². The highest BCUT2D eigenvalue weighted by Crippen LogP contribution is 2.31. The maximum absolute atomic E-state index is 13.9. The summed E-state index contributed by atoms with van der Waals surface area (Å²) >= 11 is 0. The molecule has 0 saturated carbocycles. The van der Waals surface area contributed by atoms with E-state index in [9.17, 15) is 4.79 Å². The Bertz CT molecular complexity index is 2250. The SMILES string of the molecule is O=c1nc2n(-c3ccccc3)c3ccccc3n2c2cccc(-c3nc(-c4ccccc4)nc(-c4ccccc4)n3)c12. The predicted octanol–water partition coefficient (Wildman–Crippen LogP) is 6.98. The molecule has 0 bridgehead atoms. The van der Waals surface area contributed by atoms with Crippen molar-refractivity contribution in [3.05, 3.63) is 144 Å². The summed E-state index contributed by atoms with van der Waals surface area (Å²) in [6, 6.07) is 43.4. The fourth-order valence-corrected chi connectivity index (χ4v) is 5.54. The summed E-state index contributed by atoms with van der Waals surface area (Å²) in [6.07, 6.45) is 0. The number of para-hydroxylation sites is 3. The molecular weight excluding hydrogens is 520 g/mol. The van der Waals surface area contributed by atoms with Gasteiger partial charge in [-0.1, -0.05) is 103 Å². The minimum absolute atomic E-state index is 0.344. The molecule has 0 spiro atoms. The van der Waals surface area contributed by atoms with Crippen LogP contribution in [0.15, 0.2) is 138 Å². The van der Waals surface area contributed by atoms with E-state index in [1.54, 1.807) is 0 Å². The van der Waals surface area contributed by atoms with Crippen molar-refractivity contribution in [2.75, 3.05) is 0 Å². The maximum Gasteiger partial charge on any atom is 0.283 e. The second kappa shape index (κ2) is 9.60. The number of nitrogens with zero attached hydrogens (tertiary/aromatic N) is 6. The highest BCUT2D eigenvalue weighted by Gasteiger charge is 2.21. The third-order valence-corrected chi connectivity index (χ3v) is 7.42. The van der Waals surface area contributed by atoms with Crippen molar-refractivity contribution in [2.45, 2.75) is 0 Å². The van der Waals surface area contributed by atoms with Crippen molar-refractivity contribution in [2.24, 2.45) is 0 Å². The predicted molar refractivity (Wildman–Crippen MR) is 165 cm³/mol. The monoisotopic (exact) mass is 542 g/mol. The van der Waals surface area contributed by atoms with E-state index >= 15 is 0 Å². The molecule has 0 saturated heterocycles. The Morgan fingerprint density at radius 1 is 0.452 bits per heavy atom. The van der Waals surface area contributed by atoms with Crippen LogP contribution >= 0.6 is 0 Å². The first-order valence-electron chi connectivity index (χ1n) is 13.6. The third-order valence-electron chi connectivity index (χ3n) is 7.42. The van der Waals surface area contributed by atoms with Crippen LogP contribution in [-0.2, 0) is 0 Å². The van der Waals surface area contributed by atoms with Gasteiger partial charge < -0.3 is 0 Å². The quantitative estimate of drug-likeness (QED) is 0.240. The van der Waals surface area contributed by atoms with Crippen LogP contribution in [0.2, 0.25) is 0 Å². The van der Waals surface area contributed by atoms with Crippen molar-refractivity contribution < 1.29 is 0 Å². The molecule has 3 heterocycles. The fraction of sp³-hybridized carbons (Fsp3) is 0. The van der Waals surface area contributed by atoms with Crippen LogP contribution in [0.25, 0.3) is 67.6 Å². The molecule has 0 radical (unpaired) electrons. The summed E-state index contributed by atoms with van der Waals surface area (Å²) in [5.74, 6) is 2.03. The van der Waals surface area contributed by atoms with Crippen LogP contribution < -0.4 is 5.56 Å². The van der Waals surface area contributed by atoms with Crippen LogP contribution in [0.4, 0.5) is 0 Å². The van der Waals surface area contributed by atoms with E-state index in [1.165, 1.54) is 0 Å². The molecular formula is C35H22N6O. The summed E-state index contributed by atoms with van der Waals surface area (Å²) in [5.41, 5.74) is 5.54. The van der Waals surface area contributed by atoms with Crippen molar-refractivity contribution in [1.82, 2.24) is 28.9 Å². The summed E-state index contributed by atoms with van der Waals surface area (Å²) in [5, 5.41) is 0.454. The van der Waals surface area contributed by atoms with E-state index in [0.29, 0.717) is 34.2 Å². The third kappa shape index (κ3) is 3.79. The zero-order valence-electron chi connectivity index (χ0n) is 22.3. The Kier molecular flexibility index (Phi) is 5.46. The zero-order valence-corrected chi connectivity index (χ0v) is 22.3. The topological polar surface area (TPSA) is 78.0 Å². The fourth-order valence-electron chi connectivity index (χ4n) is 5.54. The molecule has 0 aliphatic rings. The Morgan fingerprint density at radius 2 is 0.976 bits per heavy atom. The highest BCUT2D eigenvalue weighted by molar-refractivity contribution is 5.97. The first kappa shape index (κ1) is 23.9. The van der Waals surface area contributed by atoms with Gasteiger partial charge in [0.15, 0.2) is 17.5 Å². The van der Waals surface area contributed by atoms with Crippen LogP contribution in [0, 0.1) is 0 Å². The van der Waals surface area contributed by atoms with Crippen LogP contribution in [0.5, 0.6) is 0 Å². The van der Waals surface area contributed by atoms with Crippen molar-refractivity contribution in [3.63, 3.8) is 0 Å². The summed E-state index contributed by atoms with van der Waals surface area (Å²) in [7, 11) is 0. The normalized spacial score (nSPS) is 11.4. The van der Waals surface area contributed by atoms with Crippen LogP contribution in [-0.4, -0.2) is 28.9 Å². The van der Waals surface area contributed by atoms with Gasteiger partial charge in [0.1, 0.15) is 0 Å². The van der Waals surface area contributed by atoms with Gasteiger partial charge in [-0.25, -0.2) is 15.0 Å². The first-order chi connectivity index (χ1) is 20.8. The van der Waals surface area contributed by atoms with E-state index < -0.39 is 0 Å². The van der Waals surface area contributed by atoms with Crippen LogP contribution in [0.1, 0.15) is 0 Å². The molecule has 0 amide bonds. The van der Waals surface area contributed by atoms with Gasteiger partial charge in [0.25, 0.3) is 5.56 Å². The lowest BCUT2D eigenvalue weighted by molar-refractivity contribution is 1.05. The smallest absolute Gasteiger partial charge is 0.278 e. The van der Waals surface area contributed by atoms with E-state index in [4.69, 9.17) is 15.0 Å². The number of rotatable bonds is 4. The molecule has 0 aliphatic carbocycles. The molecule has 8 rings (SSSR count). The highest BCUT2D eigenvalue weighted by atomic mass is 16.1. The molecule has 7 heteroatoms. The summed E-state index contributed by atoms with van der Waals surface area (Å²) in [4.78, 5) is 33.2. The molecule has 42 heavy (non-hydrogen) atoms. The molecule has 5 aromatic carbocycles. The Hall–Kier alpha value is -5.95. The standard InChI is InChI=1S/C35H22N6O/c42-34-30-26(33-37-31(23-13-4-1-5-14-23)36-32(38-33)24-15-6-2-7-16-24)19-12-22-29(30)41-28-21-11-10-20-27(28)40(35(41)39-34)25-17-8-3-9-18-25/h1-22H. The van der Waals surface area contributed by atoms with Gasteiger partial charge in [-0.2, -0.15) is 4.98 Å². The average Bonchev–Trinajstić information content (AvgIpc) is 3.39. The second-order valence-corrected chi connectivity index (χ2v) is 9.95. The zero-order chi connectivity index (χ0) is 28.0. The first-order valence-corrected chi connectivity index (χ1v) is 13.6. The van der Waals surface area contributed by atoms with Gasteiger partial charge in [0, 0.05) is 22.4 Å². The lowest BCUT2D eigenvalue weighted by Gasteiger charge is -2.11. The summed E-state index contributed by atoms with van der Waals surface area (Å²) in [6.45, 7) is 0. The molecule has 0 unspecified atom stereocenters. The van der Waals surface area contributed by atoms with Gasteiger partial charge in [-0.15, -0.1) is 0 Å². The number of hydrogen-bond acceptors (Lipinski definition) is 5. The molecule has 8 aromatic rings. The minimum atomic E-state index is -0.344. The molecule has 0 aliphatic heterocycles. The lowest BCUT2D eigenvalue weighted by atomic mass is 10.1. The van der Waals surface area contributed by atoms with E-state index in [-0.39, 0.29) is 5.56 Å². The van der Waals surface area contributed by atoms with Gasteiger partial charge >= 0.3 is 0 Å². The Morgan fingerprint density at radius 3 is 1.62 bits per heavy atom. The van der Waals surface area contributed by atoms with Crippen molar-refractivity contribution in [3.8, 4) is 39.9 Å². The number of benzene rings is 5. The largest absolute Gasteiger partial charge is 0.283 e. The molecule has 198 valence electrons. The van der Waals surface area contributed by atoms with E-state index in [1.807, 2.05) is 142 Å². The number of fused-ring (bicyclic) bond motifs is 5. The minimum Gasteiger partial charge on any atom is -0.278 e. The Balaban J connectivity index is 1.45. The van der Waals surface area contributed by atoms with E-state index in [0.717, 1.165) is 33.4 Å². The molecule has 3 aromatic heterocycles. The number of imidazole rings is 1.